The van der Waals surface area contributed by atoms with E-state index in [4.69, 9.17) is 19.7 Å². The van der Waals surface area contributed by atoms with Crippen molar-refractivity contribution in [2.75, 3.05) is 7.11 Å². The highest BCUT2D eigenvalue weighted by Gasteiger charge is 2.09. The maximum absolute atomic E-state index is 5.69. The first kappa shape index (κ1) is 11.5. The summed E-state index contributed by atoms with van der Waals surface area (Å²) in [5, 5.41) is 3.61. The minimum Gasteiger partial charge on any atom is -0.493 e. The van der Waals surface area contributed by atoms with E-state index in [0.29, 0.717) is 24.7 Å². The molecule has 0 amide bonds. The number of methoxy groups -OCH3 is 1. The van der Waals surface area contributed by atoms with Crippen molar-refractivity contribution in [2.24, 2.45) is 5.73 Å². The number of ether oxygens (including phenoxy) is 2. The van der Waals surface area contributed by atoms with Gasteiger partial charge in [-0.25, -0.2) is 0 Å². The van der Waals surface area contributed by atoms with Gasteiger partial charge in [0.25, 0.3) is 0 Å². The van der Waals surface area contributed by atoms with Gasteiger partial charge in [0.2, 0.25) is 0 Å². The van der Waals surface area contributed by atoms with Crippen molar-refractivity contribution >= 4 is 0 Å². The molecular formula is C12H14N2O3. The fourth-order valence-electron chi connectivity index (χ4n) is 1.50. The lowest BCUT2D eigenvalue weighted by Gasteiger charge is -2.13. The van der Waals surface area contributed by atoms with Crippen LogP contribution in [0.5, 0.6) is 11.5 Å². The molecule has 5 nitrogen and oxygen atoms in total. The fraction of sp³-hybridized carbons (Fsp3) is 0.250. The van der Waals surface area contributed by atoms with Crippen LogP contribution >= 0.6 is 0 Å². The van der Waals surface area contributed by atoms with Crippen molar-refractivity contribution < 1.29 is 14.0 Å². The second kappa shape index (κ2) is 5.36. The standard InChI is InChI=1S/C12H14N2O3/c1-15-11-4-2-3-10(5-13)12(11)16-7-9-6-14-17-8-9/h2-4,6,8H,5,7,13H2,1H3. The van der Waals surface area contributed by atoms with Gasteiger partial charge in [-0.15, -0.1) is 0 Å². The Labute approximate surface area is 99.1 Å². The lowest BCUT2D eigenvalue weighted by Crippen LogP contribution is -2.04. The lowest BCUT2D eigenvalue weighted by molar-refractivity contribution is 0.280. The third-order valence-electron chi connectivity index (χ3n) is 2.37. The quantitative estimate of drug-likeness (QED) is 0.852. The highest BCUT2D eigenvalue weighted by atomic mass is 16.5. The number of hydrogen-bond donors (Lipinski definition) is 1. The Morgan fingerprint density at radius 3 is 2.94 bits per heavy atom. The van der Waals surface area contributed by atoms with Gasteiger partial charge in [-0.3, -0.25) is 0 Å². The Kier molecular flexibility index (Phi) is 3.62. The molecular weight excluding hydrogens is 220 g/mol. The van der Waals surface area contributed by atoms with Gasteiger partial charge in [0, 0.05) is 17.7 Å². The Morgan fingerprint density at radius 1 is 1.41 bits per heavy atom. The Hall–Kier alpha value is -2.01. The van der Waals surface area contributed by atoms with Crippen molar-refractivity contribution in [1.29, 1.82) is 0 Å². The fourth-order valence-corrected chi connectivity index (χ4v) is 1.50. The van der Waals surface area contributed by atoms with E-state index in [1.807, 2.05) is 18.2 Å². The van der Waals surface area contributed by atoms with Crippen LogP contribution in [-0.2, 0) is 13.2 Å². The van der Waals surface area contributed by atoms with Crippen molar-refractivity contribution in [2.45, 2.75) is 13.2 Å². The van der Waals surface area contributed by atoms with E-state index in [-0.39, 0.29) is 0 Å². The van der Waals surface area contributed by atoms with Crippen molar-refractivity contribution in [3.63, 3.8) is 0 Å². The lowest BCUT2D eigenvalue weighted by atomic mass is 10.2. The van der Waals surface area contributed by atoms with E-state index in [1.54, 1.807) is 13.3 Å². The van der Waals surface area contributed by atoms with E-state index < -0.39 is 0 Å². The average molecular weight is 234 g/mol. The monoisotopic (exact) mass is 234 g/mol. The predicted octanol–water partition coefficient (Wildman–Crippen LogP) is 1.72. The molecule has 2 aromatic rings. The molecule has 1 heterocycles. The molecule has 0 saturated heterocycles. The molecule has 1 aromatic carbocycles. The summed E-state index contributed by atoms with van der Waals surface area (Å²) in [4.78, 5) is 0. The molecule has 0 aliphatic rings. The van der Waals surface area contributed by atoms with Crippen molar-refractivity contribution in [1.82, 2.24) is 5.16 Å². The molecule has 5 heteroatoms. The SMILES string of the molecule is COc1cccc(CN)c1OCc1cnoc1. The normalized spacial score (nSPS) is 10.2. The van der Waals surface area contributed by atoms with Crippen molar-refractivity contribution in [3.8, 4) is 11.5 Å². The van der Waals surface area contributed by atoms with Crippen LogP contribution in [0.1, 0.15) is 11.1 Å². The Bertz CT molecular complexity index is 446. The maximum atomic E-state index is 5.69. The second-order valence-electron chi connectivity index (χ2n) is 3.47. The molecule has 0 aliphatic heterocycles. The number of nitrogens with zero attached hydrogens (tertiary/aromatic N) is 1. The third-order valence-corrected chi connectivity index (χ3v) is 2.37. The molecule has 0 atom stereocenters. The highest BCUT2D eigenvalue weighted by Crippen LogP contribution is 2.31. The molecule has 0 spiro atoms. The first-order chi connectivity index (χ1) is 8.35. The van der Waals surface area contributed by atoms with Gasteiger partial charge in [0.1, 0.15) is 12.9 Å². The zero-order valence-electron chi connectivity index (χ0n) is 9.55. The van der Waals surface area contributed by atoms with Crippen LogP contribution in [0.15, 0.2) is 35.2 Å². The van der Waals surface area contributed by atoms with Crippen molar-refractivity contribution in [3.05, 3.63) is 41.8 Å². The van der Waals surface area contributed by atoms with Crippen LogP contribution in [-0.4, -0.2) is 12.3 Å². The van der Waals surface area contributed by atoms with Crippen LogP contribution in [0, 0.1) is 0 Å². The summed E-state index contributed by atoms with van der Waals surface area (Å²) < 4.78 is 15.7. The summed E-state index contributed by atoms with van der Waals surface area (Å²) in [7, 11) is 1.60. The number of nitrogens with two attached hydrogens (primary N) is 1. The van der Waals surface area contributed by atoms with Gasteiger partial charge < -0.3 is 19.7 Å². The third kappa shape index (κ3) is 2.57. The van der Waals surface area contributed by atoms with Gasteiger partial charge >= 0.3 is 0 Å². The molecule has 2 N–H and O–H groups in total. The second-order valence-corrected chi connectivity index (χ2v) is 3.47. The number of para-hydroxylation sites is 1. The van der Waals surface area contributed by atoms with E-state index >= 15 is 0 Å². The summed E-state index contributed by atoms with van der Waals surface area (Å²) in [6, 6.07) is 5.63. The Balaban J connectivity index is 2.18. The molecule has 0 radical (unpaired) electrons. The molecule has 0 unspecified atom stereocenters. The number of hydrogen-bond acceptors (Lipinski definition) is 5. The van der Waals surface area contributed by atoms with E-state index in [0.717, 1.165) is 11.1 Å². The van der Waals surface area contributed by atoms with Crippen LogP contribution < -0.4 is 15.2 Å². The summed E-state index contributed by atoms with van der Waals surface area (Å²) in [6.07, 6.45) is 3.15. The smallest absolute Gasteiger partial charge is 0.166 e. The summed E-state index contributed by atoms with van der Waals surface area (Å²) >= 11 is 0. The number of benzene rings is 1. The first-order valence-corrected chi connectivity index (χ1v) is 5.22. The first-order valence-electron chi connectivity index (χ1n) is 5.22. The summed E-state index contributed by atoms with van der Waals surface area (Å²) in [5.74, 6) is 1.34. The van der Waals surface area contributed by atoms with Crippen LogP contribution in [0.4, 0.5) is 0 Å². The molecule has 90 valence electrons. The molecule has 0 fully saturated rings. The van der Waals surface area contributed by atoms with Gasteiger partial charge in [-0.2, -0.15) is 0 Å². The van der Waals surface area contributed by atoms with Crippen LogP contribution in [0.25, 0.3) is 0 Å². The molecule has 17 heavy (non-hydrogen) atoms. The topological polar surface area (TPSA) is 70.5 Å². The largest absolute Gasteiger partial charge is 0.493 e. The van der Waals surface area contributed by atoms with Crippen LogP contribution in [0.3, 0.4) is 0 Å². The Morgan fingerprint density at radius 2 is 2.29 bits per heavy atom. The number of rotatable bonds is 5. The summed E-state index contributed by atoms with van der Waals surface area (Å²) in [5.41, 5.74) is 7.42. The molecule has 0 bridgehead atoms. The van der Waals surface area contributed by atoms with E-state index in [1.165, 1.54) is 6.26 Å². The zero-order valence-corrected chi connectivity index (χ0v) is 9.55. The van der Waals surface area contributed by atoms with E-state index in [2.05, 4.69) is 5.16 Å². The van der Waals surface area contributed by atoms with Gasteiger partial charge in [0.15, 0.2) is 11.5 Å². The minimum absolute atomic E-state index is 0.372. The van der Waals surface area contributed by atoms with Gasteiger partial charge in [0.05, 0.1) is 13.3 Å². The zero-order chi connectivity index (χ0) is 12.1. The van der Waals surface area contributed by atoms with Gasteiger partial charge in [-0.05, 0) is 6.07 Å². The molecule has 0 saturated carbocycles. The highest BCUT2D eigenvalue weighted by molar-refractivity contribution is 5.46. The minimum atomic E-state index is 0.372. The summed E-state index contributed by atoms with van der Waals surface area (Å²) in [6.45, 7) is 0.771. The molecule has 1 aromatic heterocycles. The molecule has 0 aliphatic carbocycles. The number of aromatic nitrogens is 1. The van der Waals surface area contributed by atoms with Crippen LogP contribution in [0.2, 0.25) is 0 Å². The molecule has 2 rings (SSSR count). The maximum Gasteiger partial charge on any atom is 0.166 e. The predicted molar refractivity (Wildman–Crippen MR) is 61.7 cm³/mol. The van der Waals surface area contributed by atoms with Gasteiger partial charge in [-0.1, -0.05) is 17.3 Å². The van der Waals surface area contributed by atoms with E-state index in [9.17, 15) is 0 Å². The average Bonchev–Trinajstić information content (AvgIpc) is 2.88.